The fourth-order valence-electron chi connectivity index (χ4n) is 9.03. The molecule has 8 rings (SSSR count). The van der Waals surface area contributed by atoms with Crippen LogP contribution in [0.15, 0.2) is 48.5 Å². The number of hydrogen-bond donors (Lipinski definition) is 0. The fourth-order valence-corrected chi connectivity index (χ4v) is 9.22. The number of carbonyl (C=O) groups excluding carboxylic acids is 1. The Balaban J connectivity index is 1.44. The third kappa shape index (κ3) is 3.14. The Bertz CT molecular complexity index is 1370. The van der Waals surface area contributed by atoms with E-state index in [9.17, 15) is 14.9 Å². The number of nitriles is 2. The second-order valence-electron chi connectivity index (χ2n) is 12.0. The number of Topliss-reactive ketones (excluding diaryl/α,β-unsaturated/α-hetero) is 1. The van der Waals surface area contributed by atoms with Crippen molar-refractivity contribution >= 4 is 29.1 Å². The van der Waals surface area contributed by atoms with Gasteiger partial charge in [0.05, 0.1) is 24.2 Å². The molecule has 0 spiro atoms. The monoisotopic (exact) mass is 511 g/mol. The molecule has 0 unspecified atom stereocenters. The van der Waals surface area contributed by atoms with Gasteiger partial charge in [0.15, 0.2) is 11.2 Å². The molecular formula is C31H27ClFN3O. The lowest BCUT2D eigenvalue weighted by Gasteiger charge is -2.57. The summed E-state index contributed by atoms with van der Waals surface area (Å²) < 4.78 is 14.0. The Hall–Kier alpha value is -3.15. The van der Waals surface area contributed by atoms with Crippen LogP contribution in [0.3, 0.4) is 0 Å². The number of rotatable bonds is 3. The summed E-state index contributed by atoms with van der Waals surface area (Å²) in [7, 11) is 0. The summed E-state index contributed by atoms with van der Waals surface area (Å²) in [5.74, 6) is 0.819. The van der Waals surface area contributed by atoms with Gasteiger partial charge in [-0.25, -0.2) is 4.39 Å². The molecule has 186 valence electrons. The van der Waals surface area contributed by atoms with Crippen molar-refractivity contribution in [3.05, 3.63) is 70.5 Å². The average molecular weight is 512 g/mol. The lowest BCUT2D eigenvalue weighted by molar-refractivity contribution is -0.145. The lowest BCUT2D eigenvalue weighted by Crippen LogP contribution is -2.56. The van der Waals surface area contributed by atoms with Crippen molar-refractivity contribution in [1.29, 1.82) is 10.5 Å². The number of benzene rings is 2. The molecule has 6 heteroatoms. The van der Waals surface area contributed by atoms with E-state index in [2.05, 4.69) is 12.1 Å². The minimum atomic E-state index is -1.51. The summed E-state index contributed by atoms with van der Waals surface area (Å²) in [5, 5.41) is 21.8. The minimum absolute atomic E-state index is 0.162. The first-order chi connectivity index (χ1) is 17.9. The van der Waals surface area contributed by atoms with Crippen LogP contribution < -0.4 is 4.90 Å². The third-order valence-corrected chi connectivity index (χ3v) is 10.3. The van der Waals surface area contributed by atoms with Gasteiger partial charge < -0.3 is 4.90 Å². The van der Waals surface area contributed by atoms with Gasteiger partial charge in [0.2, 0.25) is 0 Å². The van der Waals surface area contributed by atoms with E-state index in [1.165, 1.54) is 31.4 Å². The Morgan fingerprint density at radius 2 is 1.59 bits per heavy atom. The fraction of sp³-hybridized carbons (Fsp3) is 0.452. The van der Waals surface area contributed by atoms with E-state index >= 15 is 4.79 Å². The topological polar surface area (TPSA) is 67.9 Å². The smallest absolute Gasteiger partial charge is 0.176 e. The molecule has 2 aliphatic heterocycles. The molecule has 4 bridgehead atoms. The van der Waals surface area contributed by atoms with Crippen LogP contribution in [0.5, 0.6) is 0 Å². The highest BCUT2D eigenvalue weighted by molar-refractivity contribution is 6.30. The molecule has 3 atom stereocenters. The highest BCUT2D eigenvalue weighted by atomic mass is 35.5. The quantitative estimate of drug-likeness (QED) is 0.461. The van der Waals surface area contributed by atoms with Crippen LogP contribution in [-0.4, -0.2) is 17.9 Å². The Morgan fingerprint density at radius 1 is 0.973 bits per heavy atom. The third-order valence-electron chi connectivity index (χ3n) is 10.0. The summed E-state index contributed by atoms with van der Waals surface area (Å²) >= 11 is 6.32. The predicted molar refractivity (Wildman–Crippen MR) is 139 cm³/mol. The Kier molecular flexibility index (Phi) is 4.93. The molecule has 0 aromatic heterocycles. The Labute approximate surface area is 221 Å². The van der Waals surface area contributed by atoms with Gasteiger partial charge >= 0.3 is 0 Å². The summed E-state index contributed by atoms with van der Waals surface area (Å²) in [6.07, 6.45) is 10.1. The largest absolute Gasteiger partial charge is 0.351 e. The molecule has 4 nitrogen and oxygen atoms in total. The van der Waals surface area contributed by atoms with Crippen LogP contribution in [0.1, 0.15) is 55.6 Å². The lowest BCUT2D eigenvalue weighted by atomic mass is 9.47. The molecule has 5 fully saturated rings. The van der Waals surface area contributed by atoms with Crippen LogP contribution in [-0.2, 0) is 4.79 Å². The molecule has 4 aliphatic carbocycles. The van der Waals surface area contributed by atoms with E-state index in [0.29, 0.717) is 28.3 Å². The number of hydrogen-bond acceptors (Lipinski definition) is 4. The first-order valence-corrected chi connectivity index (χ1v) is 13.6. The van der Waals surface area contributed by atoms with Gasteiger partial charge in [0, 0.05) is 22.0 Å². The number of nitrogens with zero attached hydrogens (tertiary/aromatic N) is 3. The molecule has 4 saturated carbocycles. The van der Waals surface area contributed by atoms with Gasteiger partial charge in [0.25, 0.3) is 0 Å². The standard InChI is InChI=1S/C31H27ClFN3O/c32-23-4-7-25-22(12-23)3-8-26-31(16-34,17-35)27(21-1-5-24(33)6-2-21)28(36(25)26)29(37)30-13-18-9-19(14-30)11-20(10-18)15-30/h1-8,12,18-20,26-28H,9-11,13-15H2/t18?,19?,20?,26-,27+,28+,30?/m1/s1. The van der Waals surface area contributed by atoms with Crippen molar-refractivity contribution in [2.45, 2.75) is 56.5 Å². The first kappa shape index (κ1) is 23.0. The zero-order chi connectivity index (χ0) is 25.5. The number of anilines is 1. The van der Waals surface area contributed by atoms with Crippen LogP contribution >= 0.6 is 11.6 Å². The van der Waals surface area contributed by atoms with E-state index in [1.54, 1.807) is 18.2 Å². The summed E-state index contributed by atoms with van der Waals surface area (Å²) in [6, 6.07) is 15.0. The molecule has 37 heavy (non-hydrogen) atoms. The molecule has 2 aromatic rings. The van der Waals surface area contributed by atoms with Gasteiger partial charge in [-0.2, -0.15) is 10.5 Å². The van der Waals surface area contributed by atoms with Gasteiger partial charge in [-0.1, -0.05) is 35.9 Å². The van der Waals surface area contributed by atoms with Crippen molar-refractivity contribution < 1.29 is 9.18 Å². The summed E-state index contributed by atoms with van der Waals surface area (Å²) in [4.78, 5) is 17.1. The summed E-state index contributed by atoms with van der Waals surface area (Å²) in [5.41, 5.74) is 0.424. The highest BCUT2D eigenvalue weighted by Gasteiger charge is 2.66. The zero-order valence-corrected chi connectivity index (χ0v) is 21.2. The average Bonchev–Trinajstić information content (AvgIpc) is 3.18. The number of halogens is 2. The minimum Gasteiger partial charge on any atom is -0.351 e. The van der Waals surface area contributed by atoms with Crippen molar-refractivity contribution in [3.63, 3.8) is 0 Å². The SMILES string of the molecule is N#CC1(C#N)[C@@H](c2ccc(F)cc2)[C@@H](C(=O)C23CC4CC(CC(C4)C2)C3)N2c3ccc(Cl)cc3C=C[C@@H]21. The van der Waals surface area contributed by atoms with E-state index < -0.39 is 28.8 Å². The van der Waals surface area contributed by atoms with Gasteiger partial charge in [-0.3, -0.25) is 4.79 Å². The maximum Gasteiger partial charge on any atom is 0.176 e. The molecule has 0 radical (unpaired) electrons. The maximum absolute atomic E-state index is 15.0. The van der Waals surface area contributed by atoms with Crippen LogP contribution in [0, 0.1) is 57.1 Å². The normalized spacial score (nSPS) is 35.9. The van der Waals surface area contributed by atoms with Crippen molar-refractivity contribution in [2.75, 3.05) is 4.90 Å². The molecule has 6 aliphatic rings. The molecule has 0 N–H and O–H groups in total. The van der Waals surface area contributed by atoms with E-state index in [1.807, 2.05) is 29.2 Å². The number of ketones is 1. The molecular weight excluding hydrogens is 485 g/mol. The summed E-state index contributed by atoms with van der Waals surface area (Å²) in [6.45, 7) is 0. The van der Waals surface area contributed by atoms with Gasteiger partial charge in [-0.05, 0) is 97.7 Å². The van der Waals surface area contributed by atoms with Gasteiger partial charge in [0.1, 0.15) is 5.82 Å². The van der Waals surface area contributed by atoms with Crippen LogP contribution in [0.4, 0.5) is 10.1 Å². The van der Waals surface area contributed by atoms with Crippen LogP contribution in [0.25, 0.3) is 6.08 Å². The first-order valence-electron chi connectivity index (χ1n) is 13.3. The molecule has 2 aromatic carbocycles. The zero-order valence-electron chi connectivity index (χ0n) is 20.4. The van der Waals surface area contributed by atoms with Crippen LogP contribution in [0.2, 0.25) is 5.02 Å². The Morgan fingerprint density at radius 3 is 2.19 bits per heavy atom. The molecule has 0 amide bonds. The number of carbonyl (C=O) groups is 1. The van der Waals surface area contributed by atoms with E-state index in [0.717, 1.165) is 30.5 Å². The van der Waals surface area contributed by atoms with Crippen molar-refractivity contribution in [2.24, 2.45) is 28.6 Å². The van der Waals surface area contributed by atoms with Crippen molar-refractivity contribution in [3.8, 4) is 12.1 Å². The second-order valence-corrected chi connectivity index (χ2v) is 12.5. The van der Waals surface area contributed by atoms with Crippen molar-refractivity contribution in [1.82, 2.24) is 0 Å². The maximum atomic E-state index is 15.0. The van der Waals surface area contributed by atoms with Gasteiger partial charge in [-0.15, -0.1) is 0 Å². The predicted octanol–water partition coefficient (Wildman–Crippen LogP) is 6.67. The molecule has 1 saturated heterocycles. The molecule has 2 heterocycles. The highest BCUT2D eigenvalue weighted by Crippen LogP contribution is 2.63. The number of fused-ring (bicyclic) bond motifs is 3. The van der Waals surface area contributed by atoms with E-state index in [4.69, 9.17) is 11.6 Å². The second kappa shape index (κ2) is 7.92. The van der Waals surface area contributed by atoms with E-state index in [-0.39, 0.29) is 11.6 Å².